The molecular formula is C109H94N5O5+5. The summed E-state index contributed by atoms with van der Waals surface area (Å²) in [5, 5.41) is 5.00. The van der Waals surface area contributed by atoms with Gasteiger partial charge in [-0.2, -0.15) is 22.9 Å². The Labute approximate surface area is 697 Å². The van der Waals surface area contributed by atoms with Crippen molar-refractivity contribution in [1.29, 1.82) is 0 Å². The molecular weight excluding hydrogens is 1460 g/mol. The first-order valence-corrected chi connectivity index (χ1v) is 40.6. The van der Waals surface area contributed by atoms with Crippen molar-refractivity contribution in [2.24, 2.45) is 0 Å². The van der Waals surface area contributed by atoms with Gasteiger partial charge in [0.2, 0.25) is 28.4 Å². The minimum absolute atomic E-state index is 0.461. The van der Waals surface area contributed by atoms with Gasteiger partial charge in [0.15, 0.2) is 31.1 Å². The lowest BCUT2D eigenvalue weighted by Crippen LogP contribution is -2.22. The van der Waals surface area contributed by atoms with E-state index in [0.717, 1.165) is 79.2 Å². The number of hydrogen-bond acceptors (Lipinski definition) is 5. The quantitative estimate of drug-likeness (QED) is 0.135. The molecule has 0 fully saturated rings. The summed E-state index contributed by atoms with van der Waals surface area (Å²) in [6.07, 6.45) is 10.9. The Kier molecular flexibility index (Phi) is 22.8. The van der Waals surface area contributed by atoms with Gasteiger partial charge in [-0.15, -0.1) is 0 Å². The molecule has 580 valence electrons. The summed E-state index contributed by atoms with van der Waals surface area (Å²) in [6, 6.07) is 123. The highest BCUT2D eigenvalue weighted by atomic mass is 16.5. The Morgan fingerprint density at radius 2 is 0.521 bits per heavy atom. The Hall–Kier alpha value is -14.6. The zero-order chi connectivity index (χ0) is 81.1. The highest BCUT2D eigenvalue weighted by Crippen LogP contribution is 2.45. The predicted molar refractivity (Wildman–Crippen MR) is 487 cm³/mol. The molecule has 5 aliphatic rings. The van der Waals surface area contributed by atoms with Crippen LogP contribution in [0.2, 0.25) is 0 Å². The van der Waals surface area contributed by atoms with Gasteiger partial charge >= 0.3 is 0 Å². The van der Waals surface area contributed by atoms with E-state index in [1.165, 1.54) is 111 Å². The molecule has 0 aromatic heterocycles. The maximum atomic E-state index is 6.31. The van der Waals surface area contributed by atoms with Gasteiger partial charge in [-0.1, -0.05) is 267 Å². The van der Waals surface area contributed by atoms with Gasteiger partial charge in [0, 0.05) is 35.4 Å². The number of benzene rings is 16. The minimum atomic E-state index is 0.461. The molecule has 0 unspecified atom stereocenters. The molecule has 10 heteroatoms. The number of para-hydroxylation sites is 7. The highest BCUT2D eigenvalue weighted by molar-refractivity contribution is 5.95. The van der Waals surface area contributed by atoms with Gasteiger partial charge < -0.3 is 23.7 Å². The van der Waals surface area contributed by atoms with Crippen molar-refractivity contribution in [1.82, 2.24) is 0 Å². The largest absolute Gasteiger partial charge is 0.435 e. The van der Waals surface area contributed by atoms with Crippen molar-refractivity contribution in [3.63, 3.8) is 0 Å². The number of aryl methyl sites for hydroxylation is 7. The molecule has 0 amide bonds. The topological polar surface area (TPSA) is 61.2 Å². The monoisotopic (exact) mass is 1550 g/mol. The second-order valence-electron chi connectivity index (χ2n) is 30.5. The molecule has 0 radical (unpaired) electrons. The molecule has 10 nitrogen and oxygen atoms in total. The van der Waals surface area contributed by atoms with Gasteiger partial charge in [-0.05, 0) is 181 Å². The van der Waals surface area contributed by atoms with Crippen molar-refractivity contribution in [2.45, 2.75) is 48.5 Å². The molecule has 0 saturated carbocycles. The van der Waals surface area contributed by atoms with E-state index in [0.29, 0.717) is 33.7 Å². The first-order valence-electron chi connectivity index (χ1n) is 40.6. The van der Waals surface area contributed by atoms with Gasteiger partial charge in [-0.3, -0.25) is 0 Å². The predicted octanol–water partition coefficient (Wildman–Crippen LogP) is 25.1. The van der Waals surface area contributed by atoms with Gasteiger partial charge in [0.05, 0.1) is 49.9 Å². The van der Waals surface area contributed by atoms with Crippen LogP contribution in [-0.4, -0.2) is 87.6 Å². The van der Waals surface area contributed by atoms with E-state index >= 15 is 0 Å². The molecule has 0 atom stereocenters. The Morgan fingerprint density at radius 1 is 0.202 bits per heavy atom. The van der Waals surface area contributed by atoms with E-state index < -0.39 is 0 Å². The first kappa shape index (κ1) is 77.0. The average molecular weight is 1550 g/mol. The summed E-state index contributed by atoms with van der Waals surface area (Å²) in [6.45, 7) is 17.4. The lowest BCUT2D eigenvalue weighted by Gasteiger charge is -2.20. The van der Waals surface area contributed by atoms with Crippen LogP contribution in [0.5, 0.6) is 28.7 Å². The molecule has 0 saturated heterocycles. The molecule has 5 aliphatic heterocycles. The van der Waals surface area contributed by atoms with E-state index in [4.69, 9.17) is 23.7 Å². The SMILES string of the molecule is Cc1cccc2c1OC[N+](c1c(-c3ccccc3)cc(-c3ccccc3)cc1-c1ccccc1)=C2.Cc1cccc2c1OC[N+](c1c(C)cccc1C)=C2.Cc1cccc2c1OC[N+](c1ccc3ccccc3c1)=C2.Cc1cccc2c1OC[N+](c1cccc3ccccc13)=C2.Cc1cccc2c1OC[N+](c1ccccc1-c1ccccc1)=C2. The van der Waals surface area contributed by atoms with Crippen LogP contribution < -0.4 is 23.7 Å². The fourth-order valence-electron chi connectivity index (χ4n) is 16.3. The standard InChI is InChI=1S/C33H26NO.C21H18NO.2C19H16NO.C17H18NO/c1-24-12-11-19-28-22-34(23-35-33(24)28)32-30(26-15-7-3-8-16-26)20-29(25-13-5-2-6-14-25)21-31(32)27-17-9-4-10-18-27;1-16-8-7-11-18-14-22(15-23-21(16)18)20-13-6-5-12-19(20)17-9-3-2-4-10-17;1-14-6-4-9-16-12-20(13-21-19(14)16)18-11-5-8-15-7-2-3-10-17(15)18;1-14-5-4-8-17-12-20(13-21-19(14)17)18-10-9-15-6-2-3-7-16(15)11-18;1-12-6-4-7-13(2)16(12)18-10-15-9-5-8-14(3)17(15)19-11-18/h2-22H,23H2,1H3;2-14H,15H2,1H3;2*2-12H,13H2,1H3;4-10H,11H2,1-3H3/q5*+1. The molecule has 0 N–H and O–H groups in total. The average Bonchev–Trinajstić information content (AvgIpc) is 0.758. The lowest BCUT2D eigenvalue weighted by atomic mass is 9.90. The van der Waals surface area contributed by atoms with E-state index in [2.05, 4.69) is 448 Å². The van der Waals surface area contributed by atoms with Gasteiger partial charge in [0.1, 0.15) is 28.7 Å². The minimum Gasteiger partial charge on any atom is -0.435 e. The van der Waals surface area contributed by atoms with Gasteiger partial charge in [-0.25, -0.2) is 0 Å². The highest BCUT2D eigenvalue weighted by Gasteiger charge is 2.31. The normalized spacial score (nSPS) is 13.1. The number of rotatable bonds is 9. The third-order valence-corrected chi connectivity index (χ3v) is 22.3. The van der Waals surface area contributed by atoms with Gasteiger partial charge in [0.25, 0.3) is 33.7 Å². The van der Waals surface area contributed by atoms with Crippen molar-refractivity contribution in [3.8, 4) is 73.3 Å². The van der Waals surface area contributed by atoms with Crippen molar-refractivity contribution < 1.29 is 46.6 Å². The third-order valence-electron chi connectivity index (χ3n) is 22.3. The fraction of sp³-hybridized carbons (Fsp3) is 0.110. The summed E-state index contributed by atoms with van der Waals surface area (Å²) < 4.78 is 41.1. The Balaban J connectivity index is 0.000000109. The number of fused-ring (bicyclic) bond motifs is 7. The summed E-state index contributed by atoms with van der Waals surface area (Å²) in [5.41, 5.74) is 29.5. The van der Waals surface area contributed by atoms with E-state index in [1.807, 2.05) is 6.07 Å². The second kappa shape index (κ2) is 35.2. The molecule has 0 bridgehead atoms. The second-order valence-corrected chi connectivity index (χ2v) is 30.5. The smallest absolute Gasteiger partial charge is 0.292 e. The van der Waals surface area contributed by atoms with Crippen LogP contribution in [0.4, 0.5) is 28.4 Å². The van der Waals surface area contributed by atoms with Crippen LogP contribution in [0.1, 0.15) is 66.8 Å². The summed E-state index contributed by atoms with van der Waals surface area (Å²) in [7, 11) is 0. The summed E-state index contributed by atoms with van der Waals surface area (Å²) in [4.78, 5) is 0. The lowest BCUT2D eigenvalue weighted by molar-refractivity contribution is -0.477. The first-order chi connectivity index (χ1) is 58.4. The van der Waals surface area contributed by atoms with E-state index in [-0.39, 0.29) is 0 Å². The Bertz CT molecular complexity index is 6530. The Morgan fingerprint density at radius 3 is 1.00 bits per heavy atom. The molecule has 21 rings (SSSR count). The van der Waals surface area contributed by atoms with E-state index in [1.54, 1.807) is 0 Å². The number of nitrogens with zero attached hydrogens (tertiary/aromatic N) is 5. The summed E-state index contributed by atoms with van der Waals surface area (Å²) >= 11 is 0. The van der Waals surface area contributed by atoms with Crippen LogP contribution in [0.25, 0.3) is 66.1 Å². The maximum Gasteiger partial charge on any atom is 0.292 e. The van der Waals surface area contributed by atoms with Crippen LogP contribution in [0, 0.1) is 48.5 Å². The van der Waals surface area contributed by atoms with Crippen molar-refractivity contribution in [3.05, 3.63) is 419 Å². The van der Waals surface area contributed by atoms with Crippen LogP contribution in [0.3, 0.4) is 0 Å². The zero-order valence-corrected chi connectivity index (χ0v) is 68.2. The molecule has 16 aromatic carbocycles. The van der Waals surface area contributed by atoms with Crippen molar-refractivity contribution >= 4 is 81.1 Å². The van der Waals surface area contributed by atoms with Crippen molar-refractivity contribution in [2.75, 3.05) is 33.7 Å². The number of hydrogen-bond donors (Lipinski definition) is 0. The molecule has 5 heterocycles. The van der Waals surface area contributed by atoms with Crippen LogP contribution in [0.15, 0.2) is 352 Å². The van der Waals surface area contributed by atoms with Crippen LogP contribution >= 0.6 is 0 Å². The zero-order valence-electron chi connectivity index (χ0n) is 68.2. The molecule has 119 heavy (non-hydrogen) atoms. The molecule has 0 aliphatic carbocycles. The van der Waals surface area contributed by atoms with E-state index in [9.17, 15) is 0 Å². The molecule has 16 aromatic rings. The maximum absolute atomic E-state index is 6.31. The molecule has 0 spiro atoms. The third kappa shape index (κ3) is 17.0. The summed E-state index contributed by atoms with van der Waals surface area (Å²) in [5.74, 6) is 4.95. The van der Waals surface area contributed by atoms with Crippen LogP contribution in [-0.2, 0) is 0 Å². The fourth-order valence-corrected chi connectivity index (χ4v) is 16.3. The number of ether oxygens (including phenoxy) is 5.